The number of nitrogens with zero attached hydrogens (tertiary/aromatic N) is 1. The van der Waals surface area contributed by atoms with Crippen molar-refractivity contribution in [3.05, 3.63) is 119 Å². The van der Waals surface area contributed by atoms with Gasteiger partial charge in [-0.3, -0.25) is 19.7 Å². The van der Waals surface area contributed by atoms with Crippen molar-refractivity contribution in [2.75, 3.05) is 4.90 Å². The first kappa shape index (κ1) is 30.8. The van der Waals surface area contributed by atoms with Crippen molar-refractivity contribution >= 4 is 23.5 Å². The van der Waals surface area contributed by atoms with Gasteiger partial charge in [-0.1, -0.05) is 49.4 Å². The van der Waals surface area contributed by atoms with Gasteiger partial charge in [0.1, 0.15) is 22.8 Å². The molecule has 0 spiro atoms. The maximum Gasteiger partial charge on any atom is 0.416 e. The smallest absolute Gasteiger partial charge is 0.416 e. The first-order valence-corrected chi connectivity index (χ1v) is 14.6. The molecule has 2 heterocycles. The van der Waals surface area contributed by atoms with E-state index in [0.717, 1.165) is 29.0 Å². The van der Waals surface area contributed by atoms with Crippen molar-refractivity contribution in [1.29, 1.82) is 0 Å². The highest BCUT2D eigenvalue weighted by molar-refractivity contribution is 6.24. The van der Waals surface area contributed by atoms with Crippen molar-refractivity contribution in [2.24, 2.45) is 11.8 Å². The number of aryl methyl sites for hydroxylation is 1. The molecular weight excluding hydrogens is 601 g/mol. The number of carbonyl (C=O) groups excluding carboxylic acids is 2. The van der Waals surface area contributed by atoms with Crippen molar-refractivity contribution in [3.63, 3.8) is 0 Å². The van der Waals surface area contributed by atoms with Gasteiger partial charge < -0.3 is 14.9 Å². The SMILES string of the molecule is CCc1ccc(N2C(=O)C3C(c4cccc(Oc5cccc(C(F)(F)F)c5)c4)NC(Cc4ccc(O)cc4)(C(=O)O)C3C2=O)cc1. The second-order valence-corrected chi connectivity index (χ2v) is 11.5. The van der Waals surface area contributed by atoms with Crippen LogP contribution in [0.2, 0.25) is 0 Å². The number of ether oxygens (including phenoxy) is 1. The molecule has 4 atom stereocenters. The first-order chi connectivity index (χ1) is 21.9. The third-order valence-corrected chi connectivity index (χ3v) is 8.67. The van der Waals surface area contributed by atoms with Gasteiger partial charge in [0.2, 0.25) is 11.8 Å². The number of carbonyl (C=O) groups is 3. The number of rotatable bonds is 8. The molecule has 0 aromatic heterocycles. The van der Waals surface area contributed by atoms with Crippen LogP contribution in [0, 0.1) is 11.8 Å². The number of anilines is 1. The van der Waals surface area contributed by atoms with E-state index in [4.69, 9.17) is 4.74 Å². The number of phenolic OH excluding ortho intramolecular Hbond substituents is 1. The number of benzene rings is 4. The Morgan fingerprint density at radius 3 is 2.15 bits per heavy atom. The number of halogens is 3. The summed E-state index contributed by atoms with van der Waals surface area (Å²) in [6, 6.07) is 22.5. The molecule has 0 bridgehead atoms. The summed E-state index contributed by atoms with van der Waals surface area (Å²) in [5, 5.41) is 23.7. The van der Waals surface area contributed by atoms with E-state index in [1.807, 2.05) is 6.92 Å². The van der Waals surface area contributed by atoms with E-state index in [1.54, 1.807) is 48.5 Å². The number of fused-ring (bicyclic) bond motifs is 1. The fourth-order valence-electron chi connectivity index (χ4n) is 6.44. The number of amides is 2. The molecule has 4 aromatic rings. The third kappa shape index (κ3) is 5.47. The molecule has 2 amide bonds. The lowest BCUT2D eigenvalue weighted by Gasteiger charge is -2.31. The molecular formula is C35H29F3N2O6. The number of carboxylic acid groups (broad SMARTS) is 1. The summed E-state index contributed by atoms with van der Waals surface area (Å²) in [6.45, 7) is 1.97. The number of nitrogens with one attached hydrogen (secondary N) is 1. The Hall–Kier alpha value is -5.16. The van der Waals surface area contributed by atoms with Gasteiger partial charge in [-0.25, -0.2) is 4.90 Å². The van der Waals surface area contributed by atoms with Crippen LogP contribution in [0.15, 0.2) is 97.1 Å². The fraction of sp³-hybridized carbons (Fsp3) is 0.229. The Bertz CT molecular complexity index is 1810. The summed E-state index contributed by atoms with van der Waals surface area (Å²) in [7, 11) is 0. The maximum atomic E-state index is 14.2. The minimum absolute atomic E-state index is 0.0188. The quantitative estimate of drug-likeness (QED) is 0.196. The second-order valence-electron chi connectivity index (χ2n) is 11.5. The fourth-order valence-corrected chi connectivity index (χ4v) is 6.44. The van der Waals surface area contributed by atoms with Crippen molar-refractivity contribution in [1.82, 2.24) is 5.32 Å². The molecule has 8 nitrogen and oxygen atoms in total. The lowest BCUT2D eigenvalue weighted by molar-refractivity contribution is -0.148. The summed E-state index contributed by atoms with van der Waals surface area (Å²) in [5.74, 6) is -4.93. The van der Waals surface area contributed by atoms with Crippen LogP contribution in [0.4, 0.5) is 18.9 Å². The van der Waals surface area contributed by atoms with Crippen molar-refractivity contribution in [2.45, 2.75) is 37.5 Å². The van der Waals surface area contributed by atoms with Gasteiger partial charge in [-0.15, -0.1) is 0 Å². The third-order valence-electron chi connectivity index (χ3n) is 8.67. The summed E-state index contributed by atoms with van der Waals surface area (Å²) < 4.78 is 45.6. The maximum absolute atomic E-state index is 14.2. The monoisotopic (exact) mass is 630 g/mol. The van der Waals surface area contributed by atoms with E-state index < -0.39 is 52.9 Å². The van der Waals surface area contributed by atoms with Crippen LogP contribution in [0.3, 0.4) is 0 Å². The predicted octanol–water partition coefficient (Wildman–Crippen LogP) is 6.28. The molecule has 4 aromatic carbocycles. The van der Waals surface area contributed by atoms with Crippen LogP contribution in [0.1, 0.15) is 35.2 Å². The first-order valence-electron chi connectivity index (χ1n) is 14.6. The van der Waals surface area contributed by atoms with E-state index >= 15 is 0 Å². The van der Waals surface area contributed by atoms with Crippen LogP contribution < -0.4 is 15.0 Å². The molecule has 2 aliphatic heterocycles. The number of aliphatic carboxylic acids is 1. The Morgan fingerprint density at radius 2 is 1.52 bits per heavy atom. The minimum Gasteiger partial charge on any atom is -0.508 e. The number of hydrogen-bond acceptors (Lipinski definition) is 6. The van der Waals surface area contributed by atoms with Gasteiger partial charge in [0.25, 0.3) is 0 Å². The number of hydrogen-bond donors (Lipinski definition) is 3. The lowest BCUT2D eigenvalue weighted by Crippen LogP contribution is -2.57. The minimum atomic E-state index is -4.57. The van der Waals surface area contributed by atoms with Gasteiger partial charge in [-0.05, 0) is 77.7 Å². The van der Waals surface area contributed by atoms with Crippen LogP contribution in [-0.2, 0) is 33.4 Å². The molecule has 2 fully saturated rings. The molecule has 6 rings (SSSR count). The van der Waals surface area contributed by atoms with Crippen molar-refractivity contribution < 1.29 is 42.5 Å². The highest BCUT2D eigenvalue weighted by Gasteiger charge is 2.68. The Labute approximate surface area is 262 Å². The topological polar surface area (TPSA) is 116 Å². The number of phenols is 1. The molecule has 0 radical (unpaired) electrons. The average molecular weight is 631 g/mol. The van der Waals surface area contributed by atoms with E-state index in [2.05, 4.69) is 5.32 Å². The summed E-state index contributed by atoms with van der Waals surface area (Å²) in [4.78, 5) is 42.6. The molecule has 3 N–H and O–H groups in total. The highest BCUT2D eigenvalue weighted by Crippen LogP contribution is 2.51. The van der Waals surface area contributed by atoms with Gasteiger partial charge in [-0.2, -0.15) is 13.2 Å². The number of aromatic hydroxyl groups is 1. The molecule has 236 valence electrons. The number of alkyl halides is 3. The van der Waals surface area contributed by atoms with E-state index in [1.165, 1.54) is 36.4 Å². The van der Waals surface area contributed by atoms with E-state index in [9.17, 15) is 37.8 Å². The molecule has 0 saturated carbocycles. The van der Waals surface area contributed by atoms with Gasteiger partial charge in [0, 0.05) is 12.5 Å². The summed E-state index contributed by atoms with van der Waals surface area (Å²) >= 11 is 0. The van der Waals surface area contributed by atoms with E-state index in [-0.39, 0.29) is 23.7 Å². The van der Waals surface area contributed by atoms with Crippen LogP contribution in [-0.4, -0.2) is 33.5 Å². The van der Waals surface area contributed by atoms with Crippen LogP contribution >= 0.6 is 0 Å². The van der Waals surface area contributed by atoms with E-state index in [0.29, 0.717) is 16.8 Å². The zero-order valence-electron chi connectivity index (χ0n) is 24.5. The van der Waals surface area contributed by atoms with Gasteiger partial charge in [0.05, 0.1) is 23.1 Å². The molecule has 2 aliphatic rings. The van der Waals surface area contributed by atoms with Crippen LogP contribution in [0.5, 0.6) is 17.2 Å². The standard InChI is InChI=1S/C35H29F3N2O6/c1-2-20-9-13-24(14-10-20)40-31(42)28-29(32(40)43)34(33(44)45,19-21-11-15-25(41)16-12-21)39-30(28)22-5-3-7-26(17-22)46-27-8-4-6-23(18-27)35(36,37)38/h3-18,28-30,39,41H,2,19H2,1H3,(H,44,45). The normalized spacial score (nSPS) is 22.6. The lowest BCUT2D eigenvalue weighted by atomic mass is 9.76. The molecule has 2 saturated heterocycles. The average Bonchev–Trinajstić information content (AvgIpc) is 3.51. The Balaban J connectivity index is 1.42. The molecule has 4 unspecified atom stereocenters. The Kier molecular flexibility index (Phi) is 7.81. The molecule has 46 heavy (non-hydrogen) atoms. The van der Waals surface area contributed by atoms with Gasteiger partial charge in [0.15, 0.2) is 0 Å². The molecule has 11 heteroatoms. The summed E-state index contributed by atoms with van der Waals surface area (Å²) in [5.41, 5.74) is -0.561. The number of imide groups is 1. The van der Waals surface area contributed by atoms with Gasteiger partial charge >= 0.3 is 12.1 Å². The van der Waals surface area contributed by atoms with Crippen LogP contribution in [0.25, 0.3) is 0 Å². The highest BCUT2D eigenvalue weighted by atomic mass is 19.4. The zero-order valence-corrected chi connectivity index (χ0v) is 24.5. The molecule has 0 aliphatic carbocycles. The largest absolute Gasteiger partial charge is 0.508 e. The zero-order chi connectivity index (χ0) is 32.8. The van der Waals surface area contributed by atoms with Crippen molar-refractivity contribution in [3.8, 4) is 17.2 Å². The predicted molar refractivity (Wildman–Crippen MR) is 161 cm³/mol. The second kappa shape index (κ2) is 11.6. The number of carboxylic acids is 1. The Morgan fingerprint density at radius 1 is 0.891 bits per heavy atom. The summed E-state index contributed by atoms with van der Waals surface area (Å²) in [6.07, 6.45) is -4.00.